The summed E-state index contributed by atoms with van der Waals surface area (Å²) in [6.07, 6.45) is 2.00. The van der Waals surface area contributed by atoms with E-state index in [0.29, 0.717) is 0 Å². The average molecular weight is 288 g/mol. The lowest BCUT2D eigenvalue weighted by atomic mass is 10.2. The van der Waals surface area contributed by atoms with Crippen molar-refractivity contribution in [3.05, 3.63) is 42.0 Å². The van der Waals surface area contributed by atoms with Crippen molar-refractivity contribution in [3.8, 4) is 0 Å². The number of hydrogen-bond acceptors (Lipinski definition) is 5. The molecule has 0 aliphatic heterocycles. The molecule has 0 bridgehead atoms. The van der Waals surface area contributed by atoms with Crippen LogP contribution in [0.15, 0.2) is 41.4 Å². The maximum Gasteiger partial charge on any atom is 0.151 e. The average Bonchev–Trinajstić information content (AvgIpc) is 2.47. The minimum Gasteiger partial charge on any atom is -0.378 e. The quantitative estimate of drug-likeness (QED) is 0.790. The van der Waals surface area contributed by atoms with Gasteiger partial charge in [0.25, 0.3) is 0 Å². The fourth-order valence-corrected chi connectivity index (χ4v) is 2.24. The number of thioether (sulfide) groups is 1. The number of anilines is 2. The number of rotatable bonds is 5. The molecular formula is C15H20N4S. The summed E-state index contributed by atoms with van der Waals surface area (Å²) in [5.41, 5.74) is 2.47. The van der Waals surface area contributed by atoms with E-state index >= 15 is 0 Å². The van der Waals surface area contributed by atoms with Crippen LogP contribution >= 0.6 is 11.8 Å². The third-order valence-corrected chi connectivity index (χ3v) is 3.71. The summed E-state index contributed by atoms with van der Waals surface area (Å²) in [7, 11) is 6.13. The van der Waals surface area contributed by atoms with E-state index in [1.807, 2.05) is 25.4 Å². The first-order chi connectivity index (χ1) is 9.60. The summed E-state index contributed by atoms with van der Waals surface area (Å²) in [6.45, 7) is 0.814. The maximum atomic E-state index is 4.25. The summed E-state index contributed by atoms with van der Waals surface area (Å²) in [4.78, 5) is 4.21. The Morgan fingerprint density at radius 1 is 1.05 bits per heavy atom. The standard InChI is InChI=1S/C15H20N4S/c1-18(2)13-7-5-6-12(10-13)11-19(3)14-8-9-15(20-4)17-16-14/h5-10H,11H2,1-4H3. The number of hydrogen-bond donors (Lipinski definition) is 0. The maximum absolute atomic E-state index is 4.25. The first-order valence-corrected chi connectivity index (χ1v) is 7.68. The van der Waals surface area contributed by atoms with Crippen LogP contribution in [-0.4, -0.2) is 37.6 Å². The molecule has 0 N–H and O–H groups in total. The minimum absolute atomic E-state index is 0.814. The van der Waals surface area contributed by atoms with Crippen molar-refractivity contribution in [2.45, 2.75) is 11.6 Å². The van der Waals surface area contributed by atoms with E-state index in [0.717, 1.165) is 17.4 Å². The third-order valence-electron chi connectivity index (χ3n) is 3.07. The van der Waals surface area contributed by atoms with E-state index in [1.54, 1.807) is 11.8 Å². The summed E-state index contributed by atoms with van der Waals surface area (Å²) >= 11 is 1.60. The van der Waals surface area contributed by atoms with Gasteiger partial charge in [-0.1, -0.05) is 12.1 Å². The number of nitrogens with zero attached hydrogens (tertiary/aromatic N) is 4. The topological polar surface area (TPSA) is 32.3 Å². The van der Waals surface area contributed by atoms with Crippen LogP contribution in [0.4, 0.5) is 11.5 Å². The van der Waals surface area contributed by atoms with Gasteiger partial charge in [-0.05, 0) is 36.1 Å². The fraction of sp³-hybridized carbons (Fsp3) is 0.333. The molecule has 2 aromatic rings. The molecule has 0 unspecified atom stereocenters. The van der Waals surface area contributed by atoms with Gasteiger partial charge in [0.2, 0.25) is 0 Å². The SMILES string of the molecule is CSc1ccc(N(C)Cc2cccc(N(C)C)c2)nn1. The summed E-state index contributed by atoms with van der Waals surface area (Å²) in [6, 6.07) is 12.5. The Bertz CT molecular complexity index is 554. The number of benzene rings is 1. The zero-order valence-corrected chi connectivity index (χ0v) is 13.2. The molecule has 0 amide bonds. The van der Waals surface area contributed by atoms with Gasteiger partial charge in [0, 0.05) is 33.4 Å². The lowest BCUT2D eigenvalue weighted by Gasteiger charge is -2.19. The van der Waals surface area contributed by atoms with Crippen LogP contribution in [0.25, 0.3) is 0 Å². The van der Waals surface area contributed by atoms with E-state index in [9.17, 15) is 0 Å². The Balaban J connectivity index is 2.10. The van der Waals surface area contributed by atoms with Crippen LogP contribution in [0.1, 0.15) is 5.56 Å². The predicted molar refractivity (Wildman–Crippen MR) is 86.7 cm³/mol. The van der Waals surface area contributed by atoms with Gasteiger partial charge in [-0.15, -0.1) is 22.0 Å². The monoisotopic (exact) mass is 288 g/mol. The smallest absolute Gasteiger partial charge is 0.151 e. The molecule has 0 saturated carbocycles. The molecule has 1 aromatic carbocycles. The van der Waals surface area contributed by atoms with Gasteiger partial charge in [0.15, 0.2) is 5.82 Å². The van der Waals surface area contributed by atoms with Crippen molar-refractivity contribution in [1.82, 2.24) is 10.2 Å². The lowest BCUT2D eigenvalue weighted by molar-refractivity contribution is 0.839. The molecule has 1 heterocycles. The van der Waals surface area contributed by atoms with Crippen LogP contribution in [0.5, 0.6) is 0 Å². The molecule has 4 nitrogen and oxygen atoms in total. The van der Waals surface area contributed by atoms with E-state index in [4.69, 9.17) is 0 Å². The molecule has 20 heavy (non-hydrogen) atoms. The van der Waals surface area contributed by atoms with Gasteiger partial charge in [-0.2, -0.15) is 0 Å². The Kier molecular flexibility index (Phi) is 4.84. The molecule has 106 valence electrons. The van der Waals surface area contributed by atoms with Crippen LogP contribution in [-0.2, 0) is 6.54 Å². The Morgan fingerprint density at radius 2 is 1.85 bits per heavy atom. The second-order valence-corrected chi connectivity index (χ2v) is 5.68. The Labute approximate surface area is 124 Å². The van der Waals surface area contributed by atoms with Crippen molar-refractivity contribution in [1.29, 1.82) is 0 Å². The van der Waals surface area contributed by atoms with Crippen LogP contribution < -0.4 is 9.80 Å². The summed E-state index contributed by atoms with van der Waals surface area (Å²) in [5, 5.41) is 9.36. The third kappa shape index (κ3) is 3.63. The van der Waals surface area contributed by atoms with E-state index in [2.05, 4.69) is 58.4 Å². The van der Waals surface area contributed by atoms with Crippen molar-refractivity contribution in [2.75, 3.05) is 37.2 Å². The molecule has 5 heteroatoms. The molecule has 0 aliphatic carbocycles. The second-order valence-electron chi connectivity index (χ2n) is 4.85. The summed E-state index contributed by atoms with van der Waals surface area (Å²) < 4.78 is 0. The molecule has 0 radical (unpaired) electrons. The van der Waals surface area contributed by atoms with Crippen molar-refractivity contribution in [3.63, 3.8) is 0 Å². The Hall–Kier alpha value is -1.75. The van der Waals surface area contributed by atoms with Crippen molar-refractivity contribution in [2.24, 2.45) is 0 Å². The van der Waals surface area contributed by atoms with Gasteiger partial charge < -0.3 is 9.80 Å². The van der Waals surface area contributed by atoms with Crippen LogP contribution in [0.2, 0.25) is 0 Å². The van der Waals surface area contributed by atoms with Gasteiger partial charge in [-0.3, -0.25) is 0 Å². The molecule has 0 saturated heterocycles. The zero-order chi connectivity index (χ0) is 14.5. The van der Waals surface area contributed by atoms with Gasteiger partial charge in [0.05, 0.1) is 0 Å². The van der Waals surface area contributed by atoms with Gasteiger partial charge >= 0.3 is 0 Å². The molecule has 1 aromatic heterocycles. The molecule has 0 aliphatic rings. The van der Waals surface area contributed by atoms with Crippen LogP contribution in [0, 0.1) is 0 Å². The highest BCUT2D eigenvalue weighted by Gasteiger charge is 2.05. The van der Waals surface area contributed by atoms with Gasteiger partial charge in [-0.25, -0.2) is 0 Å². The minimum atomic E-state index is 0.814. The first-order valence-electron chi connectivity index (χ1n) is 6.45. The molecule has 0 atom stereocenters. The number of aromatic nitrogens is 2. The molecule has 0 fully saturated rings. The normalized spacial score (nSPS) is 10.4. The highest BCUT2D eigenvalue weighted by molar-refractivity contribution is 7.98. The van der Waals surface area contributed by atoms with Crippen molar-refractivity contribution < 1.29 is 0 Å². The largest absolute Gasteiger partial charge is 0.378 e. The lowest BCUT2D eigenvalue weighted by Crippen LogP contribution is -2.18. The molecular weight excluding hydrogens is 268 g/mol. The first kappa shape index (κ1) is 14.7. The zero-order valence-electron chi connectivity index (χ0n) is 12.4. The highest BCUT2D eigenvalue weighted by atomic mass is 32.2. The van der Waals surface area contributed by atoms with E-state index < -0.39 is 0 Å². The second kappa shape index (κ2) is 6.61. The highest BCUT2D eigenvalue weighted by Crippen LogP contribution is 2.18. The Morgan fingerprint density at radius 3 is 2.45 bits per heavy atom. The van der Waals surface area contributed by atoms with E-state index in [-0.39, 0.29) is 0 Å². The van der Waals surface area contributed by atoms with E-state index in [1.165, 1.54) is 11.3 Å². The molecule has 2 rings (SSSR count). The van der Waals surface area contributed by atoms with Crippen LogP contribution in [0.3, 0.4) is 0 Å². The van der Waals surface area contributed by atoms with Crippen molar-refractivity contribution >= 4 is 23.3 Å². The summed E-state index contributed by atoms with van der Waals surface area (Å²) in [5.74, 6) is 0.887. The van der Waals surface area contributed by atoms with Gasteiger partial charge in [0.1, 0.15) is 5.03 Å². The predicted octanol–water partition coefficient (Wildman–Crippen LogP) is 2.90. The fourth-order valence-electron chi connectivity index (χ4n) is 1.91. The molecule has 0 spiro atoms.